The third kappa shape index (κ3) is 3.28. The van der Waals surface area contributed by atoms with E-state index in [4.69, 9.17) is 4.74 Å². The molecule has 0 aromatic heterocycles. The molecule has 1 atom stereocenters. The number of para-hydroxylation sites is 1. The van der Waals surface area contributed by atoms with Crippen LogP contribution in [0.2, 0.25) is 0 Å². The molecule has 0 radical (unpaired) electrons. The maximum atomic E-state index is 12.7. The first-order chi connectivity index (χ1) is 12.2. The molecule has 134 valence electrons. The summed E-state index contributed by atoms with van der Waals surface area (Å²) in [5.41, 5.74) is 0.793. The second-order valence-corrected chi connectivity index (χ2v) is 6.87. The number of fused-ring (bicyclic) bond motifs is 1. The summed E-state index contributed by atoms with van der Waals surface area (Å²) >= 11 is 0. The summed E-state index contributed by atoms with van der Waals surface area (Å²) < 4.78 is 5.41. The zero-order chi connectivity index (χ0) is 17.2. The van der Waals surface area contributed by atoms with Crippen molar-refractivity contribution in [3.63, 3.8) is 0 Å². The molecule has 7 nitrogen and oxygen atoms in total. The molecule has 3 heterocycles. The van der Waals surface area contributed by atoms with Gasteiger partial charge in [-0.2, -0.15) is 0 Å². The van der Waals surface area contributed by atoms with Gasteiger partial charge in [0.1, 0.15) is 0 Å². The van der Waals surface area contributed by atoms with Gasteiger partial charge in [-0.3, -0.25) is 0 Å². The van der Waals surface area contributed by atoms with Crippen molar-refractivity contribution in [3.8, 4) is 0 Å². The first-order valence-corrected chi connectivity index (χ1v) is 8.98. The SMILES string of the molecule is O=C(Nc1ccccc1)N1CCN2C(=O)N(C3CCOCC3)C[C@H]2C1. The maximum Gasteiger partial charge on any atom is 0.321 e. The number of ether oxygens (including phenoxy) is 1. The van der Waals surface area contributed by atoms with Gasteiger partial charge in [-0.15, -0.1) is 0 Å². The van der Waals surface area contributed by atoms with Gasteiger partial charge in [0, 0.05) is 51.1 Å². The topological polar surface area (TPSA) is 65.1 Å². The van der Waals surface area contributed by atoms with Gasteiger partial charge in [-0.1, -0.05) is 18.2 Å². The van der Waals surface area contributed by atoms with Crippen molar-refractivity contribution < 1.29 is 14.3 Å². The average molecular weight is 344 g/mol. The van der Waals surface area contributed by atoms with E-state index in [1.54, 1.807) is 0 Å². The minimum Gasteiger partial charge on any atom is -0.381 e. The van der Waals surface area contributed by atoms with Gasteiger partial charge in [-0.25, -0.2) is 9.59 Å². The Morgan fingerprint density at radius 3 is 2.52 bits per heavy atom. The van der Waals surface area contributed by atoms with Crippen LogP contribution in [0.4, 0.5) is 15.3 Å². The van der Waals surface area contributed by atoms with Crippen molar-refractivity contribution in [2.45, 2.75) is 24.9 Å². The van der Waals surface area contributed by atoms with E-state index in [0.29, 0.717) is 26.2 Å². The Morgan fingerprint density at radius 2 is 1.76 bits per heavy atom. The molecule has 0 unspecified atom stereocenters. The van der Waals surface area contributed by atoms with E-state index in [9.17, 15) is 9.59 Å². The molecule has 25 heavy (non-hydrogen) atoms. The molecule has 0 spiro atoms. The van der Waals surface area contributed by atoms with Crippen molar-refractivity contribution in [1.82, 2.24) is 14.7 Å². The highest BCUT2D eigenvalue weighted by molar-refractivity contribution is 5.89. The lowest BCUT2D eigenvalue weighted by molar-refractivity contribution is 0.0504. The third-order valence-corrected chi connectivity index (χ3v) is 5.33. The molecule has 3 aliphatic rings. The molecule has 3 aliphatic heterocycles. The minimum absolute atomic E-state index is 0.0885. The Balaban J connectivity index is 1.38. The average Bonchev–Trinajstić information content (AvgIpc) is 2.99. The van der Waals surface area contributed by atoms with Crippen LogP contribution in [0.3, 0.4) is 0 Å². The number of urea groups is 2. The van der Waals surface area contributed by atoms with Crippen LogP contribution in [-0.2, 0) is 4.74 Å². The summed E-state index contributed by atoms with van der Waals surface area (Å²) in [6.45, 7) is 3.92. The number of carbonyl (C=O) groups is 2. The predicted octanol–water partition coefficient (Wildman–Crippen LogP) is 1.82. The molecular weight excluding hydrogens is 320 g/mol. The number of benzene rings is 1. The Kier molecular flexibility index (Phi) is 4.48. The van der Waals surface area contributed by atoms with E-state index in [1.807, 2.05) is 45.0 Å². The van der Waals surface area contributed by atoms with E-state index < -0.39 is 0 Å². The Hall–Kier alpha value is -2.28. The van der Waals surface area contributed by atoms with Crippen LogP contribution in [0, 0.1) is 0 Å². The lowest BCUT2D eigenvalue weighted by atomic mass is 10.1. The van der Waals surface area contributed by atoms with Gasteiger partial charge in [-0.05, 0) is 25.0 Å². The van der Waals surface area contributed by atoms with Gasteiger partial charge in [0.2, 0.25) is 0 Å². The summed E-state index contributed by atoms with van der Waals surface area (Å²) in [7, 11) is 0. The first-order valence-electron chi connectivity index (χ1n) is 8.98. The van der Waals surface area contributed by atoms with Crippen molar-refractivity contribution in [2.24, 2.45) is 0 Å². The van der Waals surface area contributed by atoms with Crippen molar-refractivity contribution in [2.75, 3.05) is 44.7 Å². The van der Waals surface area contributed by atoms with E-state index in [1.165, 1.54) is 0 Å². The zero-order valence-electron chi connectivity index (χ0n) is 14.3. The number of piperazine rings is 1. The Bertz CT molecular complexity index is 632. The highest BCUT2D eigenvalue weighted by Gasteiger charge is 2.44. The predicted molar refractivity (Wildman–Crippen MR) is 93.5 cm³/mol. The van der Waals surface area contributed by atoms with E-state index in [0.717, 1.165) is 31.7 Å². The van der Waals surface area contributed by atoms with Gasteiger partial charge in [0.05, 0.1) is 6.04 Å². The number of rotatable bonds is 2. The van der Waals surface area contributed by atoms with Gasteiger partial charge in [0.15, 0.2) is 0 Å². The van der Waals surface area contributed by atoms with Gasteiger partial charge >= 0.3 is 12.1 Å². The highest BCUT2D eigenvalue weighted by Crippen LogP contribution is 2.26. The Morgan fingerprint density at radius 1 is 1.00 bits per heavy atom. The number of anilines is 1. The monoisotopic (exact) mass is 344 g/mol. The summed E-state index contributed by atoms with van der Waals surface area (Å²) in [5, 5.41) is 2.93. The summed E-state index contributed by atoms with van der Waals surface area (Å²) in [6, 6.07) is 9.86. The van der Waals surface area contributed by atoms with Crippen LogP contribution in [0.5, 0.6) is 0 Å². The summed E-state index contributed by atoms with van der Waals surface area (Å²) in [5.74, 6) is 0. The largest absolute Gasteiger partial charge is 0.381 e. The molecular formula is C18H24N4O3. The number of nitrogens with zero attached hydrogens (tertiary/aromatic N) is 3. The molecule has 7 heteroatoms. The number of nitrogens with one attached hydrogen (secondary N) is 1. The van der Waals surface area contributed by atoms with Crippen LogP contribution < -0.4 is 5.32 Å². The van der Waals surface area contributed by atoms with E-state index in [2.05, 4.69) is 5.32 Å². The van der Waals surface area contributed by atoms with E-state index >= 15 is 0 Å². The standard InChI is InChI=1S/C18H24N4O3/c23-17(19-14-4-2-1-3-5-14)20-8-9-21-16(12-20)13-22(18(21)24)15-6-10-25-11-7-15/h1-5,15-16H,6-13H2,(H,19,23)/t16-/m1/s1. The summed E-state index contributed by atoms with van der Waals surface area (Å²) in [4.78, 5) is 30.9. The lowest BCUT2D eigenvalue weighted by Crippen LogP contribution is -2.54. The third-order valence-electron chi connectivity index (χ3n) is 5.33. The molecule has 0 saturated carbocycles. The van der Waals surface area contributed by atoms with Gasteiger partial charge < -0.3 is 24.8 Å². The van der Waals surface area contributed by atoms with Crippen LogP contribution in [0.15, 0.2) is 30.3 Å². The quantitative estimate of drug-likeness (QED) is 0.890. The van der Waals surface area contributed by atoms with E-state index in [-0.39, 0.29) is 24.1 Å². The molecule has 4 rings (SSSR count). The molecule has 3 saturated heterocycles. The van der Waals surface area contributed by atoms with Crippen LogP contribution in [0.1, 0.15) is 12.8 Å². The first kappa shape index (κ1) is 16.2. The number of hydrogen-bond donors (Lipinski definition) is 1. The zero-order valence-corrected chi connectivity index (χ0v) is 14.3. The van der Waals surface area contributed by atoms with Crippen molar-refractivity contribution in [3.05, 3.63) is 30.3 Å². The van der Waals surface area contributed by atoms with Crippen molar-refractivity contribution in [1.29, 1.82) is 0 Å². The van der Waals surface area contributed by atoms with Gasteiger partial charge in [0.25, 0.3) is 0 Å². The maximum absolute atomic E-state index is 12.7. The molecule has 1 N–H and O–H groups in total. The fourth-order valence-corrected chi connectivity index (χ4v) is 3.94. The van der Waals surface area contributed by atoms with Crippen LogP contribution in [0.25, 0.3) is 0 Å². The van der Waals surface area contributed by atoms with Crippen molar-refractivity contribution >= 4 is 17.7 Å². The highest BCUT2D eigenvalue weighted by atomic mass is 16.5. The molecule has 1 aromatic carbocycles. The second kappa shape index (κ2) is 6.92. The van der Waals surface area contributed by atoms with Crippen LogP contribution >= 0.6 is 0 Å². The molecule has 3 fully saturated rings. The normalized spacial score (nSPS) is 24.4. The van der Waals surface area contributed by atoms with Crippen LogP contribution in [-0.4, -0.2) is 78.2 Å². The number of carbonyl (C=O) groups excluding carboxylic acids is 2. The molecule has 1 aromatic rings. The molecule has 0 bridgehead atoms. The second-order valence-electron chi connectivity index (χ2n) is 6.87. The number of amides is 4. The number of hydrogen-bond acceptors (Lipinski definition) is 3. The lowest BCUT2D eigenvalue weighted by Gasteiger charge is -2.36. The minimum atomic E-state index is -0.0946. The fourth-order valence-electron chi connectivity index (χ4n) is 3.94. The fraction of sp³-hybridized carbons (Fsp3) is 0.556. The molecule has 0 aliphatic carbocycles. The smallest absolute Gasteiger partial charge is 0.321 e. The Labute approximate surface area is 147 Å². The summed E-state index contributed by atoms with van der Waals surface area (Å²) in [6.07, 6.45) is 1.81. The molecule has 4 amide bonds.